The molecule has 0 aliphatic rings. The lowest BCUT2D eigenvalue weighted by atomic mass is 10.1. The Hall–Kier alpha value is -1.68. The minimum atomic E-state index is -0.762. The van der Waals surface area contributed by atoms with E-state index in [1.807, 2.05) is 6.92 Å². The van der Waals surface area contributed by atoms with E-state index < -0.39 is 6.10 Å². The zero-order valence-corrected chi connectivity index (χ0v) is 7.71. The van der Waals surface area contributed by atoms with Gasteiger partial charge in [0.15, 0.2) is 0 Å². The van der Waals surface area contributed by atoms with Crippen molar-refractivity contribution in [2.45, 2.75) is 13.0 Å². The Morgan fingerprint density at radius 1 is 1.36 bits per heavy atom. The summed E-state index contributed by atoms with van der Waals surface area (Å²) in [6, 6.07) is 0. The maximum absolute atomic E-state index is 9.90. The van der Waals surface area contributed by atoms with Gasteiger partial charge in [0, 0.05) is 18.0 Å². The van der Waals surface area contributed by atoms with Crippen molar-refractivity contribution in [3.8, 4) is 0 Å². The fourth-order valence-electron chi connectivity index (χ4n) is 1.26. The Morgan fingerprint density at radius 3 is 2.79 bits per heavy atom. The van der Waals surface area contributed by atoms with Crippen molar-refractivity contribution in [2.24, 2.45) is 0 Å². The fourth-order valence-corrected chi connectivity index (χ4v) is 1.26. The Kier molecular flexibility index (Phi) is 2.28. The fraction of sp³-hybridized carbons (Fsp3) is 0.200. The lowest BCUT2D eigenvalue weighted by Gasteiger charge is -2.07. The Labute approximate surface area is 81.2 Å². The van der Waals surface area contributed by atoms with E-state index >= 15 is 0 Å². The van der Waals surface area contributed by atoms with E-state index in [9.17, 15) is 5.11 Å². The molecule has 1 N–H and O–H groups in total. The van der Waals surface area contributed by atoms with Gasteiger partial charge in [-0.25, -0.2) is 0 Å². The molecule has 0 saturated carbocycles. The average Bonchev–Trinajstić information content (AvgIpc) is 2.65. The summed E-state index contributed by atoms with van der Waals surface area (Å²) in [6.07, 6.45) is 7.01. The number of aryl methyl sites for hydroxylation is 1. The molecule has 1 unspecified atom stereocenters. The van der Waals surface area contributed by atoms with Gasteiger partial charge in [0.1, 0.15) is 6.10 Å². The minimum Gasteiger partial charge on any atom is -0.472 e. The number of furan rings is 1. The van der Waals surface area contributed by atoms with Crippen molar-refractivity contribution in [1.29, 1.82) is 0 Å². The van der Waals surface area contributed by atoms with Crippen LogP contribution in [0.15, 0.2) is 35.5 Å². The van der Waals surface area contributed by atoms with E-state index in [-0.39, 0.29) is 0 Å². The van der Waals surface area contributed by atoms with Crippen molar-refractivity contribution in [3.63, 3.8) is 0 Å². The van der Waals surface area contributed by atoms with Crippen LogP contribution in [0.25, 0.3) is 0 Å². The number of nitrogens with zero attached hydrogens (tertiary/aromatic N) is 2. The molecule has 0 fully saturated rings. The maximum atomic E-state index is 9.90. The molecule has 2 heterocycles. The van der Waals surface area contributed by atoms with E-state index in [0.717, 1.165) is 11.1 Å². The SMILES string of the molecule is Cc1cocc1C(O)c1cnccn1. The molecule has 0 radical (unpaired) electrons. The van der Waals surface area contributed by atoms with E-state index in [1.54, 1.807) is 18.7 Å². The van der Waals surface area contributed by atoms with Gasteiger partial charge in [0.2, 0.25) is 0 Å². The summed E-state index contributed by atoms with van der Waals surface area (Å²) in [5, 5.41) is 9.90. The van der Waals surface area contributed by atoms with Crippen LogP contribution in [0.2, 0.25) is 0 Å². The highest BCUT2D eigenvalue weighted by atomic mass is 16.3. The Morgan fingerprint density at radius 2 is 2.21 bits per heavy atom. The monoisotopic (exact) mass is 190 g/mol. The third kappa shape index (κ3) is 1.52. The number of rotatable bonds is 2. The molecule has 0 spiro atoms. The van der Waals surface area contributed by atoms with E-state index in [4.69, 9.17) is 4.42 Å². The van der Waals surface area contributed by atoms with Crippen molar-refractivity contribution in [1.82, 2.24) is 9.97 Å². The smallest absolute Gasteiger partial charge is 0.126 e. The molecule has 2 aromatic heterocycles. The zero-order chi connectivity index (χ0) is 9.97. The summed E-state index contributed by atoms with van der Waals surface area (Å²) in [6.45, 7) is 1.87. The number of aliphatic hydroxyl groups is 1. The van der Waals surface area contributed by atoms with Crippen LogP contribution in [0.1, 0.15) is 22.9 Å². The molecule has 4 heteroatoms. The van der Waals surface area contributed by atoms with E-state index in [2.05, 4.69) is 9.97 Å². The largest absolute Gasteiger partial charge is 0.472 e. The van der Waals surface area contributed by atoms with Crippen molar-refractivity contribution in [3.05, 3.63) is 47.9 Å². The zero-order valence-electron chi connectivity index (χ0n) is 7.71. The molecule has 2 rings (SSSR count). The van der Waals surface area contributed by atoms with Gasteiger partial charge in [-0.2, -0.15) is 0 Å². The average molecular weight is 190 g/mol. The predicted octanol–water partition coefficient (Wildman–Crippen LogP) is 1.46. The van der Waals surface area contributed by atoms with Crippen LogP contribution in [-0.4, -0.2) is 15.1 Å². The molecule has 0 bridgehead atoms. The summed E-state index contributed by atoms with van der Waals surface area (Å²) >= 11 is 0. The number of hydrogen-bond acceptors (Lipinski definition) is 4. The summed E-state index contributed by atoms with van der Waals surface area (Å²) in [5.41, 5.74) is 2.16. The molecule has 14 heavy (non-hydrogen) atoms. The summed E-state index contributed by atoms with van der Waals surface area (Å²) in [5.74, 6) is 0. The summed E-state index contributed by atoms with van der Waals surface area (Å²) in [7, 11) is 0. The lowest BCUT2D eigenvalue weighted by Crippen LogP contribution is -2.02. The first-order valence-electron chi connectivity index (χ1n) is 4.25. The molecule has 0 aliphatic heterocycles. The minimum absolute atomic E-state index is 0.525. The van der Waals surface area contributed by atoms with Gasteiger partial charge >= 0.3 is 0 Å². The van der Waals surface area contributed by atoms with Gasteiger partial charge < -0.3 is 9.52 Å². The quantitative estimate of drug-likeness (QED) is 0.778. The first kappa shape index (κ1) is 8.90. The second kappa shape index (κ2) is 3.59. The molecule has 0 amide bonds. The third-order valence-electron chi connectivity index (χ3n) is 2.05. The molecular weight excluding hydrogens is 180 g/mol. The van der Waals surface area contributed by atoms with Crippen LogP contribution in [0.4, 0.5) is 0 Å². The molecule has 0 saturated heterocycles. The van der Waals surface area contributed by atoms with Gasteiger partial charge in [0.05, 0.1) is 24.4 Å². The second-order valence-electron chi connectivity index (χ2n) is 3.04. The lowest BCUT2D eigenvalue weighted by molar-refractivity contribution is 0.213. The van der Waals surface area contributed by atoms with Gasteiger partial charge in [-0.05, 0) is 12.5 Å². The van der Waals surface area contributed by atoms with Gasteiger partial charge in [-0.3, -0.25) is 9.97 Å². The van der Waals surface area contributed by atoms with Gasteiger partial charge in [-0.1, -0.05) is 0 Å². The Balaban J connectivity index is 2.34. The summed E-state index contributed by atoms with van der Waals surface area (Å²) in [4.78, 5) is 7.91. The molecule has 0 aliphatic carbocycles. The van der Waals surface area contributed by atoms with Crippen LogP contribution >= 0.6 is 0 Å². The normalized spacial score (nSPS) is 12.7. The van der Waals surface area contributed by atoms with E-state index in [0.29, 0.717) is 5.69 Å². The number of aliphatic hydroxyl groups excluding tert-OH is 1. The van der Waals surface area contributed by atoms with Crippen molar-refractivity contribution >= 4 is 0 Å². The van der Waals surface area contributed by atoms with Crippen LogP contribution in [0, 0.1) is 6.92 Å². The van der Waals surface area contributed by atoms with Crippen LogP contribution in [-0.2, 0) is 0 Å². The second-order valence-corrected chi connectivity index (χ2v) is 3.04. The highest BCUT2D eigenvalue weighted by Gasteiger charge is 2.15. The van der Waals surface area contributed by atoms with Crippen LogP contribution in [0.3, 0.4) is 0 Å². The van der Waals surface area contributed by atoms with E-state index in [1.165, 1.54) is 12.5 Å². The van der Waals surface area contributed by atoms with Gasteiger partial charge in [-0.15, -0.1) is 0 Å². The topological polar surface area (TPSA) is 59.2 Å². The first-order chi connectivity index (χ1) is 6.79. The van der Waals surface area contributed by atoms with Crippen molar-refractivity contribution in [2.75, 3.05) is 0 Å². The van der Waals surface area contributed by atoms with Gasteiger partial charge in [0.25, 0.3) is 0 Å². The molecule has 1 atom stereocenters. The number of hydrogen-bond donors (Lipinski definition) is 1. The van der Waals surface area contributed by atoms with Crippen molar-refractivity contribution < 1.29 is 9.52 Å². The summed E-state index contributed by atoms with van der Waals surface area (Å²) < 4.78 is 4.98. The first-order valence-corrected chi connectivity index (χ1v) is 4.25. The number of aromatic nitrogens is 2. The predicted molar refractivity (Wildman–Crippen MR) is 49.5 cm³/mol. The highest BCUT2D eigenvalue weighted by Crippen LogP contribution is 2.22. The standard InChI is InChI=1S/C10H10N2O2/c1-7-5-14-6-8(7)10(13)9-4-11-2-3-12-9/h2-6,10,13H,1H3. The molecule has 72 valence electrons. The third-order valence-corrected chi connectivity index (χ3v) is 2.05. The molecular formula is C10H10N2O2. The maximum Gasteiger partial charge on any atom is 0.126 e. The highest BCUT2D eigenvalue weighted by molar-refractivity contribution is 5.27. The molecule has 0 aromatic carbocycles. The van der Waals surface area contributed by atoms with Crippen LogP contribution < -0.4 is 0 Å². The molecule has 2 aromatic rings. The Bertz CT molecular complexity index is 411. The molecule has 4 nitrogen and oxygen atoms in total. The van der Waals surface area contributed by atoms with Crippen LogP contribution in [0.5, 0.6) is 0 Å².